The van der Waals surface area contributed by atoms with Crippen LogP contribution in [0.4, 0.5) is 11.4 Å². The fourth-order valence-electron chi connectivity index (χ4n) is 3.60. The van der Waals surface area contributed by atoms with Gasteiger partial charge in [-0.3, -0.25) is 14.2 Å². The molecule has 0 fully saturated rings. The molecular formula is C25H23N3O6S2. The standard InChI is InChI=1S/C25H23N3O6S2/c1-26-25(29)22-16-20(14-15-24(22)34-2)36(32,33)27-18-10-12-19(13-11-18)35(30,31)28-23-9-5-7-17-6-3-4-8-21(17)23/h3-16,27-28H,1-2H3,(H,26,29). The van der Waals surface area contributed by atoms with E-state index in [1.807, 2.05) is 30.3 Å². The van der Waals surface area contributed by atoms with E-state index in [9.17, 15) is 21.6 Å². The summed E-state index contributed by atoms with van der Waals surface area (Å²) in [5.41, 5.74) is 0.643. The van der Waals surface area contributed by atoms with Crippen LogP contribution < -0.4 is 19.5 Å². The maximum atomic E-state index is 13.0. The van der Waals surface area contributed by atoms with Gasteiger partial charge in [-0.1, -0.05) is 36.4 Å². The van der Waals surface area contributed by atoms with Crippen LogP contribution in [0.15, 0.2) is 94.7 Å². The topological polar surface area (TPSA) is 131 Å². The lowest BCUT2D eigenvalue weighted by atomic mass is 10.1. The average Bonchev–Trinajstić information content (AvgIpc) is 2.88. The number of carbonyl (C=O) groups is 1. The van der Waals surface area contributed by atoms with Gasteiger partial charge in [-0.2, -0.15) is 0 Å². The Kier molecular flexibility index (Phi) is 6.86. The third-order valence-corrected chi connectivity index (χ3v) is 8.16. The van der Waals surface area contributed by atoms with Crippen molar-refractivity contribution in [1.82, 2.24) is 5.32 Å². The molecule has 0 atom stereocenters. The van der Waals surface area contributed by atoms with Gasteiger partial charge in [0.2, 0.25) is 0 Å². The van der Waals surface area contributed by atoms with E-state index in [-0.39, 0.29) is 26.8 Å². The second kappa shape index (κ2) is 9.88. The van der Waals surface area contributed by atoms with Gasteiger partial charge in [0.1, 0.15) is 5.75 Å². The molecule has 9 nitrogen and oxygen atoms in total. The quantitative estimate of drug-likeness (QED) is 0.321. The largest absolute Gasteiger partial charge is 0.496 e. The number of amides is 1. The zero-order chi connectivity index (χ0) is 25.9. The number of anilines is 2. The molecule has 0 saturated heterocycles. The van der Waals surface area contributed by atoms with Crippen molar-refractivity contribution in [2.45, 2.75) is 9.79 Å². The van der Waals surface area contributed by atoms with Crippen LogP contribution in [-0.2, 0) is 20.0 Å². The summed E-state index contributed by atoms with van der Waals surface area (Å²) in [5.74, 6) is -0.279. The van der Waals surface area contributed by atoms with E-state index in [1.165, 1.54) is 56.6 Å². The Bertz CT molecular complexity index is 1650. The highest BCUT2D eigenvalue weighted by Gasteiger charge is 2.21. The minimum absolute atomic E-state index is 0.0373. The third kappa shape index (κ3) is 5.11. The Morgan fingerprint density at radius 1 is 0.750 bits per heavy atom. The molecule has 3 N–H and O–H groups in total. The molecule has 1 amide bonds. The van der Waals surface area contributed by atoms with Crippen molar-refractivity contribution >= 4 is 48.1 Å². The van der Waals surface area contributed by atoms with Gasteiger partial charge >= 0.3 is 0 Å². The zero-order valence-electron chi connectivity index (χ0n) is 19.3. The predicted molar refractivity (Wildman–Crippen MR) is 138 cm³/mol. The van der Waals surface area contributed by atoms with Crippen LogP contribution in [0.2, 0.25) is 0 Å². The highest BCUT2D eigenvalue weighted by molar-refractivity contribution is 7.93. The first-order chi connectivity index (χ1) is 17.1. The molecule has 0 bridgehead atoms. The van der Waals surface area contributed by atoms with Crippen LogP contribution in [-0.4, -0.2) is 36.9 Å². The molecule has 4 aromatic rings. The van der Waals surface area contributed by atoms with E-state index in [4.69, 9.17) is 4.74 Å². The molecule has 0 unspecified atom stereocenters. The molecular weight excluding hydrogens is 502 g/mol. The molecule has 0 aromatic heterocycles. The van der Waals surface area contributed by atoms with Gasteiger partial charge < -0.3 is 10.1 Å². The highest BCUT2D eigenvalue weighted by Crippen LogP contribution is 2.27. The fraction of sp³-hybridized carbons (Fsp3) is 0.0800. The van der Waals surface area contributed by atoms with Crippen LogP contribution in [0, 0.1) is 0 Å². The second-order valence-corrected chi connectivity index (χ2v) is 11.1. The van der Waals surface area contributed by atoms with Gasteiger partial charge in [0.25, 0.3) is 26.0 Å². The molecule has 0 saturated carbocycles. The number of hydrogen-bond acceptors (Lipinski definition) is 6. The zero-order valence-corrected chi connectivity index (χ0v) is 21.0. The van der Waals surface area contributed by atoms with E-state index in [1.54, 1.807) is 12.1 Å². The minimum atomic E-state index is -4.07. The molecule has 4 aromatic carbocycles. The first kappa shape index (κ1) is 25.0. The van der Waals surface area contributed by atoms with Crippen molar-refractivity contribution < 1.29 is 26.4 Å². The Morgan fingerprint density at radius 3 is 2.08 bits per heavy atom. The molecule has 36 heavy (non-hydrogen) atoms. The summed E-state index contributed by atoms with van der Waals surface area (Å²) in [6.07, 6.45) is 0. The summed E-state index contributed by atoms with van der Waals surface area (Å²) in [6.45, 7) is 0. The number of hydrogen-bond donors (Lipinski definition) is 3. The van der Waals surface area contributed by atoms with Gasteiger partial charge in [-0.25, -0.2) is 16.8 Å². The van der Waals surface area contributed by atoms with Gasteiger partial charge in [0.05, 0.1) is 28.2 Å². The van der Waals surface area contributed by atoms with E-state index in [0.717, 1.165) is 10.8 Å². The summed E-state index contributed by atoms with van der Waals surface area (Å²) in [7, 11) is -5.21. The number of carbonyl (C=O) groups excluding carboxylic acids is 1. The van der Waals surface area contributed by atoms with Gasteiger partial charge in [-0.15, -0.1) is 0 Å². The summed E-state index contributed by atoms with van der Waals surface area (Å²) in [4.78, 5) is 11.9. The first-order valence-corrected chi connectivity index (χ1v) is 13.6. The highest BCUT2D eigenvalue weighted by atomic mass is 32.2. The SMILES string of the molecule is CNC(=O)c1cc(S(=O)(=O)Nc2ccc(S(=O)(=O)Nc3cccc4ccccc34)cc2)ccc1OC. The molecule has 0 aliphatic rings. The molecule has 4 rings (SSSR count). The van der Waals surface area contributed by atoms with Crippen molar-refractivity contribution in [1.29, 1.82) is 0 Å². The van der Waals surface area contributed by atoms with Gasteiger partial charge in [0, 0.05) is 18.1 Å². The molecule has 186 valence electrons. The van der Waals surface area contributed by atoms with E-state index in [0.29, 0.717) is 5.69 Å². The monoisotopic (exact) mass is 525 g/mol. The molecule has 0 radical (unpaired) electrons. The minimum Gasteiger partial charge on any atom is -0.496 e. The Labute approximate surface area is 209 Å². The van der Waals surface area contributed by atoms with Crippen LogP contribution in [0.1, 0.15) is 10.4 Å². The molecule has 11 heteroatoms. The van der Waals surface area contributed by atoms with E-state index in [2.05, 4.69) is 14.8 Å². The van der Waals surface area contributed by atoms with Crippen LogP contribution in [0.5, 0.6) is 5.75 Å². The summed E-state index contributed by atoms with van der Waals surface area (Å²) < 4.78 is 61.8. The Hall–Kier alpha value is -4.09. The Balaban J connectivity index is 1.56. The lowest BCUT2D eigenvalue weighted by Gasteiger charge is -2.13. The lowest BCUT2D eigenvalue weighted by Crippen LogP contribution is -2.20. The number of benzene rings is 4. The molecule has 0 aliphatic heterocycles. The maximum absolute atomic E-state index is 13.0. The molecule has 0 aliphatic carbocycles. The Morgan fingerprint density at radius 2 is 1.39 bits per heavy atom. The fourth-order valence-corrected chi connectivity index (χ4v) is 5.76. The van der Waals surface area contributed by atoms with E-state index >= 15 is 0 Å². The van der Waals surface area contributed by atoms with Crippen LogP contribution in [0.25, 0.3) is 10.8 Å². The summed E-state index contributed by atoms with van der Waals surface area (Å²) in [5, 5.41) is 4.08. The van der Waals surface area contributed by atoms with Crippen molar-refractivity contribution in [2.75, 3.05) is 23.6 Å². The van der Waals surface area contributed by atoms with Crippen molar-refractivity contribution in [3.63, 3.8) is 0 Å². The van der Waals surface area contributed by atoms with Crippen LogP contribution >= 0.6 is 0 Å². The number of sulfonamides is 2. The van der Waals surface area contributed by atoms with Crippen molar-refractivity contribution in [2.24, 2.45) is 0 Å². The maximum Gasteiger partial charge on any atom is 0.261 e. The average molecular weight is 526 g/mol. The third-order valence-electron chi connectivity index (χ3n) is 5.40. The van der Waals surface area contributed by atoms with Crippen molar-refractivity contribution in [3.05, 3.63) is 90.5 Å². The lowest BCUT2D eigenvalue weighted by molar-refractivity contribution is 0.0960. The normalized spacial score (nSPS) is 11.6. The first-order valence-electron chi connectivity index (χ1n) is 10.7. The molecule has 0 heterocycles. The number of fused-ring (bicyclic) bond motifs is 1. The molecule has 0 spiro atoms. The predicted octanol–water partition coefficient (Wildman–Crippen LogP) is 3.81. The van der Waals surface area contributed by atoms with E-state index < -0.39 is 26.0 Å². The van der Waals surface area contributed by atoms with Crippen molar-refractivity contribution in [3.8, 4) is 5.75 Å². The number of ether oxygens (including phenoxy) is 1. The van der Waals surface area contributed by atoms with Gasteiger partial charge in [-0.05, 0) is 53.9 Å². The van der Waals surface area contributed by atoms with Crippen LogP contribution in [0.3, 0.4) is 0 Å². The second-order valence-electron chi connectivity index (χ2n) is 7.70. The number of methoxy groups -OCH3 is 1. The van der Waals surface area contributed by atoms with Gasteiger partial charge in [0.15, 0.2) is 0 Å². The summed E-state index contributed by atoms with van der Waals surface area (Å²) >= 11 is 0. The summed E-state index contributed by atoms with van der Waals surface area (Å²) in [6, 6.07) is 21.9. The smallest absolute Gasteiger partial charge is 0.261 e. The number of nitrogens with one attached hydrogen (secondary N) is 3. The number of rotatable bonds is 8.